The first-order valence-electron chi connectivity index (χ1n) is 11.8. The SMILES string of the molecule is C[C@H](CC[13C](=O)O)[C@H]1CC[C@H]2[C@@H]3CC[C@@H]4C[C@H](O)CC[C@]4(C)[C@H]3C[C@H](O)[C@]12C. The molecule has 10 atom stereocenters. The van der Waals surface area contributed by atoms with E-state index in [1.54, 1.807) is 0 Å². The van der Waals surface area contributed by atoms with Crippen molar-refractivity contribution < 1.29 is 20.1 Å². The number of aliphatic carboxylic acids is 1. The number of carbonyl (C=O) groups is 1. The summed E-state index contributed by atoms with van der Waals surface area (Å²) in [6.07, 6.45) is 9.26. The summed E-state index contributed by atoms with van der Waals surface area (Å²) >= 11 is 0. The Hall–Kier alpha value is -0.610. The first-order chi connectivity index (χ1) is 13.2. The lowest BCUT2D eigenvalue weighted by Crippen LogP contribution is -2.58. The lowest BCUT2D eigenvalue weighted by Gasteiger charge is -2.62. The van der Waals surface area contributed by atoms with Crippen LogP contribution in [0.3, 0.4) is 0 Å². The van der Waals surface area contributed by atoms with Gasteiger partial charge in [-0.05, 0) is 104 Å². The van der Waals surface area contributed by atoms with Crippen molar-refractivity contribution in [1.82, 2.24) is 0 Å². The topological polar surface area (TPSA) is 77.8 Å². The molecule has 0 aliphatic heterocycles. The molecule has 0 aromatic heterocycles. The minimum atomic E-state index is -0.707. The molecule has 0 heterocycles. The lowest BCUT2D eigenvalue weighted by atomic mass is 9.43. The Labute approximate surface area is 170 Å². The third-order valence-corrected chi connectivity index (χ3v) is 10.3. The minimum Gasteiger partial charge on any atom is -0.481 e. The Morgan fingerprint density at radius 1 is 1.04 bits per heavy atom. The van der Waals surface area contributed by atoms with Crippen LogP contribution in [-0.2, 0) is 4.79 Å². The zero-order chi connectivity index (χ0) is 20.3. The molecular formula is C24H40O4. The van der Waals surface area contributed by atoms with Crippen LogP contribution in [-0.4, -0.2) is 33.5 Å². The summed E-state index contributed by atoms with van der Waals surface area (Å²) in [5, 5.41) is 30.8. The van der Waals surface area contributed by atoms with E-state index in [-0.39, 0.29) is 29.5 Å². The number of hydrogen-bond donors (Lipinski definition) is 3. The van der Waals surface area contributed by atoms with E-state index in [1.165, 1.54) is 19.3 Å². The molecule has 160 valence electrons. The first kappa shape index (κ1) is 20.7. The number of carboxylic acid groups (broad SMARTS) is 1. The monoisotopic (exact) mass is 393 g/mol. The fourth-order valence-electron chi connectivity index (χ4n) is 8.71. The number of rotatable bonds is 4. The van der Waals surface area contributed by atoms with Gasteiger partial charge in [0.2, 0.25) is 0 Å². The maximum Gasteiger partial charge on any atom is 0.303 e. The second kappa shape index (κ2) is 7.27. The number of carboxylic acids is 1. The van der Waals surface area contributed by atoms with Crippen LogP contribution >= 0.6 is 0 Å². The maximum absolute atomic E-state index is 11.5. The molecule has 0 spiro atoms. The molecule has 0 amide bonds. The van der Waals surface area contributed by atoms with E-state index in [4.69, 9.17) is 5.11 Å². The molecule has 4 aliphatic rings. The zero-order valence-electron chi connectivity index (χ0n) is 17.9. The van der Waals surface area contributed by atoms with E-state index in [2.05, 4.69) is 20.8 Å². The summed E-state index contributed by atoms with van der Waals surface area (Å²) in [5.41, 5.74) is 0.216. The van der Waals surface area contributed by atoms with Crippen molar-refractivity contribution in [2.45, 2.75) is 97.2 Å². The molecule has 4 heteroatoms. The molecule has 4 nitrogen and oxygen atoms in total. The fourth-order valence-corrected chi connectivity index (χ4v) is 8.71. The maximum atomic E-state index is 11.5. The standard InChI is InChI=1S/C24H40O4/c1-14(4-9-22(27)28)18-7-8-19-17-6-5-15-12-16(25)10-11-23(15,2)20(17)13-21(26)24(18,19)3/h14-21,25-26H,4-13H2,1-3H3,(H,27,28)/t14-,15-,16-,17+,18-,19+,20+,21+,23+,24-/m1/s1/i22+1. The molecular weight excluding hydrogens is 353 g/mol. The van der Waals surface area contributed by atoms with Gasteiger partial charge >= 0.3 is 5.97 Å². The van der Waals surface area contributed by atoms with E-state index in [1.807, 2.05) is 0 Å². The first-order valence-corrected chi connectivity index (χ1v) is 11.8. The van der Waals surface area contributed by atoms with E-state index in [9.17, 15) is 15.0 Å². The molecule has 4 rings (SSSR count). The predicted octanol–water partition coefficient (Wildman–Crippen LogP) is 4.48. The Balaban J connectivity index is 1.56. The Bertz CT molecular complexity index is 605. The molecule has 0 unspecified atom stereocenters. The molecule has 0 radical (unpaired) electrons. The largest absolute Gasteiger partial charge is 0.481 e. The normalized spacial score (nSPS) is 51.7. The van der Waals surface area contributed by atoms with Crippen molar-refractivity contribution in [3.05, 3.63) is 0 Å². The molecule has 0 saturated heterocycles. The molecule has 0 bridgehead atoms. The average Bonchev–Trinajstić information content (AvgIpc) is 3.00. The molecule has 4 saturated carbocycles. The van der Waals surface area contributed by atoms with E-state index in [0.717, 1.165) is 38.5 Å². The van der Waals surface area contributed by atoms with Gasteiger partial charge in [-0.3, -0.25) is 4.79 Å². The highest BCUT2D eigenvalue weighted by Gasteiger charge is 2.63. The van der Waals surface area contributed by atoms with Crippen LogP contribution in [0, 0.1) is 46.3 Å². The minimum absolute atomic E-state index is 0.0591. The van der Waals surface area contributed by atoms with Gasteiger partial charge in [0.15, 0.2) is 0 Å². The Morgan fingerprint density at radius 3 is 2.50 bits per heavy atom. The van der Waals surface area contributed by atoms with Crippen LogP contribution in [0.25, 0.3) is 0 Å². The van der Waals surface area contributed by atoms with Gasteiger partial charge in [-0.15, -0.1) is 0 Å². The molecule has 4 fully saturated rings. The van der Waals surface area contributed by atoms with Crippen LogP contribution in [0.4, 0.5) is 0 Å². The molecule has 4 aliphatic carbocycles. The molecule has 0 aromatic carbocycles. The molecule has 0 aromatic rings. The van der Waals surface area contributed by atoms with Crippen molar-refractivity contribution in [3.63, 3.8) is 0 Å². The van der Waals surface area contributed by atoms with Gasteiger partial charge in [0.1, 0.15) is 0 Å². The Kier molecular flexibility index (Phi) is 5.36. The highest BCUT2D eigenvalue weighted by molar-refractivity contribution is 5.66. The number of aliphatic hydroxyl groups is 2. The van der Waals surface area contributed by atoms with Crippen molar-refractivity contribution >= 4 is 5.97 Å². The van der Waals surface area contributed by atoms with E-state index in [0.29, 0.717) is 35.5 Å². The van der Waals surface area contributed by atoms with Crippen LogP contribution < -0.4 is 0 Å². The second-order valence-corrected chi connectivity index (χ2v) is 11.3. The number of fused-ring (bicyclic) bond motifs is 5. The van der Waals surface area contributed by atoms with Gasteiger partial charge in [-0.25, -0.2) is 0 Å². The van der Waals surface area contributed by atoms with Crippen molar-refractivity contribution in [1.29, 1.82) is 0 Å². The third-order valence-electron chi connectivity index (χ3n) is 10.3. The third kappa shape index (κ3) is 3.05. The van der Waals surface area contributed by atoms with Crippen LogP contribution in [0.1, 0.15) is 85.0 Å². The average molecular weight is 394 g/mol. The number of hydrogen-bond acceptors (Lipinski definition) is 3. The van der Waals surface area contributed by atoms with Gasteiger partial charge in [0, 0.05) is 6.42 Å². The molecule has 3 N–H and O–H groups in total. The van der Waals surface area contributed by atoms with E-state index >= 15 is 0 Å². The highest BCUT2D eigenvalue weighted by atomic mass is 16.5. The summed E-state index contributed by atoms with van der Waals surface area (Å²) in [4.78, 5) is 11.1. The van der Waals surface area contributed by atoms with Crippen LogP contribution in [0.15, 0.2) is 0 Å². The second-order valence-electron chi connectivity index (χ2n) is 11.3. The summed E-state index contributed by atoms with van der Waals surface area (Å²) in [6.45, 7) is 6.99. The quantitative estimate of drug-likeness (QED) is 0.616. The Morgan fingerprint density at radius 2 is 1.79 bits per heavy atom. The summed E-state index contributed by atoms with van der Waals surface area (Å²) in [5.74, 6) is 2.55. The lowest BCUT2D eigenvalue weighted by molar-refractivity contribution is -0.175. The van der Waals surface area contributed by atoms with Gasteiger partial charge in [-0.2, -0.15) is 0 Å². The summed E-state index contributed by atoms with van der Waals surface area (Å²) in [7, 11) is 0. The van der Waals surface area contributed by atoms with Gasteiger partial charge in [0.05, 0.1) is 12.2 Å². The smallest absolute Gasteiger partial charge is 0.303 e. The summed E-state index contributed by atoms with van der Waals surface area (Å²) < 4.78 is 0. The predicted molar refractivity (Wildman–Crippen MR) is 109 cm³/mol. The fraction of sp³-hybridized carbons (Fsp3) is 0.958. The van der Waals surface area contributed by atoms with Crippen molar-refractivity contribution in [2.75, 3.05) is 0 Å². The number of aliphatic hydroxyl groups excluding tert-OH is 2. The van der Waals surface area contributed by atoms with Crippen LogP contribution in [0.2, 0.25) is 0 Å². The van der Waals surface area contributed by atoms with Crippen molar-refractivity contribution in [2.24, 2.45) is 46.3 Å². The molecule has 28 heavy (non-hydrogen) atoms. The summed E-state index contributed by atoms with van der Waals surface area (Å²) in [6, 6.07) is 0. The van der Waals surface area contributed by atoms with Gasteiger partial charge in [0.25, 0.3) is 0 Å². The highest BCUT2D eigenvalue weighted by Crippen LogP contribution is 2.68. The van der Waals surface area contributed by atoms with Gasteiger partial charge < -0.3 is 15.3 Å². The van der Waals surface area contributed by atoms with E-state index < -0.39 is 5.97 Å². The zero-order valence-corrected chi connectivity index (χ0v) is 17.9. The van der Waals surface area contributed by atoms with Crippen LogP contribution in [0.5, 0.6) is 0 Å². The van der Waals surface area contributed by atoms with Crippen molar-refractivity contribution in [3.8, 4) is 0 Å². The van der Waals surface area contributed by atoms with Gasteiger partial charge in [-0.1, -0.05) is 20.8 Å².